The van der Waals surface area contributed by atoms with Crippen molar-refractivity contribution in [3.8, 4) is 0 Å². The molecule has 0 fully saturated rings. The molecule has 0 saturated carbocycles. The van der Waals surface area contributed by atoms with Crippen molar-refractivity contribution in [1.82, 2.24) is 5.32 Å². The van der Waals surface area contributed by atoms with Crippen molar-refractivity contribution in [3.05, 3.63) is 23.5 Å². The molecule has 0 aliphatic carbocycles. The Kier molecular flexibility index (Phi) is 4.90. The number of nitrogen functional groups attached to an aromatic ring is 1. The predicted molar refractivity (Wildman–Crippen MR) is 75.7 cm³/mol. The van der Waals surface area contributed by atoms with Crippen LogP contribution in [0.15, 0.2) is 12.1 Å². The summed E-state index contributed by atoms with van der Waals surface area (Å²) < 4.78 is 13.8. The fourth-order valence-electron chi connectivity index (χ4n) is 1.62. The monoisotopic (exact) mass is 282 g/mol. The highest BCUT2D eigenvalue weighted by molar-refractivity contribution is 5.99. The molecule has 1 unspecified atom stereocenters. The number of hydrogen-bond donors (Lipinski definition) is 4. The molecular weight excluding hydrogens is 263 g/mol. The van der Waals surface area contributed by atoms with E-state index in [1.54, 1.807) is 6.92 Å². The lowest BCUT2D eigenvalue weighted by Crippen LogP contribution is -2.41. The predicted octanol–water partition coefficient (Wildman–Crippen LogP) is 0.832. The van der Waals surface area contributed by atoms with E-state index >= 15 is 0 Å². The summed E-state index contributed by atoms with van der Waals surface area (Å²) >= 11 is 0. The Balaban J connectivity index is 2.95. The van der Waals surface area contributed by atoms with Crippen LogP contribution in [0.5, 0.6) is 0 Å². The first kappa shape index (κ1) is 15.7. The number of primary amides is 1. The summed E-state index contributed by atoms with van der Waals surface area (Å²) in [5, 5.41) is 5.38. The van der Waals surface area contributed by atoms with Crippen LogP contribution in [0.3, 0.4) is 0 Å². The minimum atomic E-state index is -0.759. The zero-order chi connectivity index (χ0) is 15.4. The second-order valence-corrected chi connectivity index (χ2v) is 4.81. The molecule has 1 rings (SSSR count). The van der Waals surface area contributed by atoms with Crippen molar-refractivity contribution in [1.29, 1.82) is 0 Å². The van der Waals surface area contributed by atoms with Crippen molar-refractivity contribution in [2.75, 3.05) is 11.1 Å². The molecule has 0 bridgehead atoms. The SMILES string of the molecule is CC(C)NC(=O)C(C)Nc1cc(C(N)=O)c(N)cc1F. The molecule has 0 radical (unpaired) electrons. The smallest absolute Gasteiger partial charge is 0.250 e. The summed E-state index contributed by atoms with van der Waals surface area (Å²) in [6.07, 6.45) is 0. The first-order valence-corrected chi connectivity index (χ1v) is 6.18. The third-order valence-electron chi connectivity index (χ3n) is 2.60. The number of halogens is 1. The summed E-state index contributed by atoms with van der Waals surface area (Å²) in [6.45, 7) is 5.22. The van der Waals surface area contributed by atoms with Gasteiger partial charge in [0.05, 0.1) is 11.3 Å². The molecule has 0 saturated heterocycles. The average molecular weight is 282 g/mol. The summed E-state index contributed by atoms with van der Waals surface area (Å²) in [5.41, 5.74) is 10.6. The van der Waals surface area contributed by atoms with Crippen LogP contribution in [0.4, 0.5) is 15.8 Å². The number of carbonyl (C=O) groups excluding carboxylic acids is 2. The van der Waals surface area contributed by atoms with Crippen LogP contribution in [0, 0.1) is 5.82 Å². The van der Waals surface area contributed by atoms with Crippen molar-refractivity contribution >= 4 is 23.2 Å². The van der Waals surface area contributed by atoms with E-state index in [4.69, 9.17) is 11.5 Å². The summed E-state index contributed by atoms with van der Waals surface area (Å²) in [7, 11) is 0. The standard InChI is InChI=1S/C13H19FN4O2/c1-6(2)17-13(20)7(3)18-11-4-8(12(16)19)10(15)5-9(11)14/h4-7,18H,15H2,1-3H3,(H2,16,19)(H,17,20). The molecule has 20 heavy (non-hydrogen) atoms. The van der Waals surface area contributed by atoms with Gasteiger partial charge in [0.15, 0.2) is 0 Å². The molecule has 6 N–H and O–H groups in total. The highest BCUT2D eigenvalue weighted by atomic mass is 19.1. The Hall–Kier alpha value is -2.31. The first-order valence-electron chi connectivity index (χ1n) is 6.18. The lowest BCUT2D eigenvalue weighted by atomic mass is 10.1. The number of amides is 2. The number of anilines is 2. The van der Waals surface area contributed by atoms with Gasteiger partial charge in [-0.1, -0.05) is 0 Å². The highest BCUT2D eigenvalue weighted by Gasteiger charge is 2.17. The Morgan fingerprint density at radius 3 is 2.35 bits per heavy atom. The van der Waals surface area contributed by atoms with Gasteiger partial charge in [-0.25, -0.2) is 4.39 Å². The van der Waals surface area contributed by atoms with Gasteiger partial charge in [-0.2, -0.15) is 0 Å². The average Bonchev–Trinajstić information content (AvgIpc) is 2.30. The van der Waals surface area contributed by atoms with Crippen LogP contribution in [0.25, 0.3) is 0 Å². The van der Waals surface area contributed by atoms with Crippen LogP contribution in [-0.4, -0.2) is 23.9 Å². The maximum Gasteiger partial charge on any atom is 0.250 e. The minimum Gasteiger partial charge on any atom is -0.398 e. The lowest BCUT2D eigenvalue weighted by Gasteiger charge is -2.18. The van der Waals surface area contributed by atoms with E-state index in [0.717, 1.165) is 6.07 Å². The van der Waals surface area contributed by atoms with Crippen LogP contribution in [0.1, 0.15) is 31.1 Å². The van der Waals surface area contributed by atoms with Crippen molar-refractivity contribution < 1.29 is 14.0 Å². The molecular formula is C13H19FN4O2. The normalized spacial score (nSPS) is 12.1. The Bertz CT molecular complexity index is 531. The summed E-state index contributed by atoms with van der Waals surface area (Å²) in [6, 6.07) is 1.50. The third-order valence-corrected chi connectivity index (χ3v) is 2.60. The molecule has 1 atom stereocenters. The lowest BCUT2D eigenvalue weighted by molar-refractivity contribution is -0.122. The third kappa shape index (κ3) is 3.84. The molecule has 110 valence electrons. The van der Waals surface area contributed by atoms with E-state index in [1.165, 1.54) is 6.07 Å². The number of nitrogens with one attached hydrogen (secondary N) is 2. The topological polar surface area (TPSA) is 110 Å². The van der Waals surface area contributed by atoms with Gasteiger partial charge < -0.3 is 22.1 Å². The summed E-state index contributed by atoms with van der Waals surface area (Å²) in [5.74, 6) is -1.70. The fourth-order valence-corrected chi connectivity index (χ4v) is 1.62. The molecule has 0 aromatic heterocycles. The number of hydrogen-bond acceptors (Lipinski definition) is 4. The van der Waals surface area contributed by atoms with E-state index in [2.05, 4.69) is 10.6 Å². The van der Waals surface area contributed by atoms with Crippen LogP contribution in [-0.2, 0) is 4.79 Å². The van der Waals surface area contributed by atoms with Gasteiger partial charge in [-0.05, 0) is 32.9 Å². The van der Waals surface area contributed by atoms with Gasteiger partial charge in [0.25, 0.3) is 5.91 Å². The van der Waals surface area contributed by atoms with Crippen LogP contribution >= 0.6 is 0 Å². The molecule has 1 aromatic carbocycles. The Morgan fingerprint density at radius 2 is 1.85 bits per heavy atom. The fraction of sp³-hybridized carbons (Fsp3) is 0.385. The zero-order valence-electron chi connectivity index (χ0n) is 11.7. The molecule has 0 heterocycles. The molecule has 6 nitrogen and oxygen atoms in total. The molecule has 0 spiro atoms. The zero-order valence-corrected chi connectivity index (χ0v) is 11.7. The van der Waals surface area contributed by atoms with E-state index in [9.17, 15) is 14.0 Å². The number of rotatable bonds is 5. The number of benzene rings is 1. The largest absolute Gasteiger partial charge is 0.398 e. The Labute approximate surface area is 116 Å². The molecule has 1 aromatic rings. The second kappa shape index (κ2) is 6.23. The molecule has 0 aliphatic heterocycles. The number of nitrogens with two attached hydrogens (primary N) is 2. The quantitative estimate of drug-likeness (QED) is 0.599. The van der Waals surface area contributed by atoms with Gasteiger partial charge in [0.2, 0.25) is 5.91 Å². The Morgan fingerprint density at radius 1 is 1.25 bits per heavy atom. The number of carbonyl (C=O) groups is 2. The van der Waals surface area contributed by atoms with Gasteiger partial charge in [0.1, 0.15) is 11.9 Å². The summed E-state index contributed by atoms with van der Waals surface area (Å²) in [4.78, 5) is 22.9. The minimum absolute atomic E-state index is 0.000550. The highest BCUT2D eigenvalue weighted by Crippen LogP contribution is 2.22. The van der Waals surface area contributed by atoms with Gasteiger partial charge in [-0.3, -0.25) is 9.59 Å². The maximum absolute atomic E-state index is 13.8. The van der Waals surface area contributed by atoms with Crippen LogP contribution < -0.4 is 22.1 Å². The molecule has 2 amide bonds. The maximum atomic E-state index is 13.8. The van der Waals surface area contributed by atoms with Crippen molar-refractivity contribution in [2.24, 2.45) is 5.73 Å². The van der Waals surface area contributed by atoms with Gasteiger partial charge in [-0.15, -0.1) is 0 Å². The molecule has 0 aliphatic rings. The van der Waals surface area contributed by atoms with Crippen molar-refractivity contribution in [3.63, 3.8) is 0 Å². The van der Waals surface area contributed by atoms with E-state index in [1.807, 2.05) is 13.8 Å². The van der Waals surface area contributed by atoms with E-state index < -0.39 is 17.8 Å². The second-order valence-electron chi connectivity index (χ2n) is 4.81. The first-order chi connectivity index (χ1) is 9.22. The van der Waals surface area contributed by atoms with Gasteiger partial charge in [0, 0.05) is 11.7 Å². The van der Waals surface area contributed by atoms with Gasteiger partial charge >= 0.3 is 0 Å². The van der Waals surface area contributed by atoms with E-state index in [-0.39, 0.29) is 28.9 Å². The molecule has 7 heteroatoms. The van der Waals surface area contributed by atoms with E-state index in [0.29, 0.717) is 0 Å². The van der Waals surface area contributed by atoms with Crippen LogP contribution in [0.2, 0.25) is 0 Å². The van der Waals surface area contributed by atoms with Crippen molar-refractivity contribution in [2.45, 2.75) is 32.9 Å².